The lowest BCUT2D eigenvalue weighted by atomic mass is 9.30. The monoisotopic (exact) mass is 1310 g/mol. The summed E-state index contributed by atoms with van der Waals surface area (Å²) in [6, 6.07) is 95.9. The predicted octanol–water partition coefficient (Wildman–Crippen LogP) is 20.2. The molecule has 0 aromatic heterocycles. The molecule has 490 valence electrons. The van der Waals surface area contributed by atoms with E-state index in [2.05, 4.69) is 355 Å². The van der Waals surface area contributed by atoms with E-state index in [4.69, 9.17) is 0 Å². The second-order valence-electron chi connectivity index (χ2n) is 29.2. The molecule has 102 heavy (non-hydrogen) atoms. The van der Waals surface area contributed by atoms with Crippen LogP contribution in [0.2, 0.25) is 0 Å². The minimum Gasteiger partial charge on any atom is -0.311 e. The van der Waals surface area contributed by atoms with Crippen LogP contribution in [0.25, 0.3) is 0 Å². The van der Waals surface area contributed by atoms with Gasteiger partial charge in [0.05, 0.1) is 34.6 Å². The van der Waals surface area contributed by atoms with Crippen molar-refractivity contribution in [1.29, 1.82) is 10.5 Å². The van der Waals surface area contributed by atoms with E-state index < -0.39 is 0 Å². The Morgan fingerprint density at radius 1 is 0.235 bits per heavy atom. The fraction of sp³-hybridized carbons (Fsp3) is 0.130. The maximum Gasteiger partial charge on any atom is 0.252 e. The van der Waals surface area contributed by atoms with E-state index in [1.807, 2.05) is 12.1 Å². The highest BCUT2D eigenvalue weighted by Gasteiger charge is 2.49. The topological polar surface area (TPSA) is 67.0 Å². The second-order valence-corrected chi connectivity index (χ2v) is 29.2. The van der Waals surface area contributed by atoms with Gasteiger partial charge in [-0.2, -0.15) is 10.5 Å². The Kier molecular flexibility index (Phi) is 15.1. The van der Waals surface area contributed by atoms with Gasteiger partial charge in [-0.3, -0.25) is 0 Å². The molecule has 4 aliphatic heterocycles. The summed E-state index contributed by atoms with van der Waals surface area (Å²) in [5.74, 6) is 0. The van der Waals surface area contributed by atoms with Gasteiger partial charge in [-0.15, -0.1) is 0 Å². The molecule has 0 unspecified atom stereocenters. The summed E-state index contributed by atoms with van der Waals surface area (Å²) in [4.78, 5) is 14.9. The zero-order valence-corrected chi connectivity index (χ0v) is 59.8. The summed E-state index contributed by atoms with van der Waals surface area (Å²) in [5, 5.41) is 22.2. The number of hydrogen-bond acceptors (Lipinski definition) is 8. The first-order valence-corrected chi connectivity index (χ1v) is 35.4. The highest BCUT2D eigenvalue weighted by Crippen LogP contribution is 2.53. The van der Waals surface area contributed by atoms with Crippen molar-refractivity contribution in [3.8, 4) is 12.1 Å². The third-order valence-corrected chi connectivity index (χ3v) is 20.8. The maximum absolute atomic E-state index is 11.1. The van der Waals surface area contributed by atoms with Crippen molar-refractivity contribution in [2.45, 2.75) is 83.1 Å². The number of hydrogen-bond donors (Lipinski definition) is 0. The molecule has 0 atom stereocenters. The predicted molar refractivity (Wildman–Crippen MR) is 430 cm³/mol. The third kappa shape index (κ3) is 10.6. The van der Waals surface area contributed by atoms with Gasteiger partial charge in [0.25, 0.3) is 13.4 Å². The number of anilines is 18. The Morgan fingerprint density at radius 3 is 0.775 bits per heavy atom. The van der Waals surface area contributed by atoms with E-state index >= 15 is 0 Å². The van der Waals surface area contributed by atoms with E-state index in [1.165, 1.54) is 44.5 Å². The first-order valence-electron chi connectivity index (χ1n) is 35.4. The summed E-state index contributed by atoms with van der Waals surface area (Å²) in [5.41, 5.74) is 40.5. The number of nitrogens with zero attached hydrogens (tertiary/aromatic N) is 8. The molecule has 4 heterocycles. The Morgan fingerprint density at radius 2 is 0.490 bits per heavy atom. The molecule has 0 N–H and O–H groups in total. The van der Waals surface area contributed by atoms with Crippen LogP contribution in [-0.4, -0.2) is 13.4 Å². The minimum absolute atomic E-state index is 0.335. The van der Waals surface area contributed by atoms with Crippen LogP contribution < -0.4 is 62.2 Å². The van der Waals surface area contributed by atoms with Crippen molar-refractivity contribution in [2.24, 2.45) is 0 Å². The molecular formula is C92H76B2N8. The lowest BCUT2D eigenvalue weighted by molar-refractivity contribution is 1.20. The average Bonchev–Trinajstić information content (AvgIpc) is 0.684. The van der Waals surface area contributed by atoms with Gasteiger partial charge < -0.3 is 29.4 Å². The van der Waals surface area contributed by atoms with Crippen LogP contribution in [0.3, 0.4) is 0 Å². The van der Waals surface area contributed by atoms with Crippen LogP contribution in [-0.2, 0) is 0 Å². The van der Waals surface area contributed by atoms with E-state index in [1.54, 1.807) is 0 Å². The number of aryl methyl sites for hydroxylation is 12. The van der Waals surface area contributed by atoms with Gasteiger partial charge in [0, 0.05) is 91.0 Å². The van der Waals surface area contributed by atoms with E-state index in [9.17, 15) is 10.5 Å². The summed E-state index contributed by atoms with van der Waals surface area (Å²) < 4.78 is 0. The third-order valence-electron chi connectivity index (χ3n) is 20.8. The lowest BCUT2D eigenvalue weighted by Gasteiger charge is -2.48. The molecule has 0 amide bonds. The van der Waals surface area contributed by atoms with Crippen LogP contribution in [0, 0.1) is 106 Å². The molecule has 0 aliphatic carbocycles. The molecular weight excluding hydrogens is 1240 g/mol. The molecule has 0 saturated heterocycles. The van der Waals surface area contributed by atoms with Gasteiger partial charge in [-0.25, -0.2) is 0 Å². The molecule has 13 aromatic rings. The smallest absolute Gasteiger partial charge is 0.252 e. The molecule has 17 rings (SSSR count). The Balaban J connectivity index is 1.03. The molecule has 0 bridgehead atoms. The highest BCUT2D eigenvalue weighted by molar-refractivity contribution is 7.03. The quantitative estimate of drug-likeness (QED) is 0.126. The molecule has 0 spiro atoms. The SMILES string of the molecule is Cc1cc(C)cc(N(c2cc(C)cc(C)c2)c2cc3c4c(c2)N(c2ccccc2)c2cc5c(cc2B4c2ccc(C#N)cc2N3c2cc(C)cc(C)c2)B2c3ccc(C#N)cc3N(c3cc(C)cc(C)c3)c3cc(N(c4cc(C)cc(C)c4)c4cc(C)cc(C)c4)cc(c32)N5c2ccccc2)c1. The molecule has 0 fully saturated rings. The summed E-state index contributed by atoms with van der Waals surface area (Å²) >= 11 is 0. The summed E-state index contributed by atoms with van der Waals surface area (Å²) in [6.45, 7) is 25.6. The largest absolute Gasteiger partial charge is 0.311 e. The van der Waals surface area contributed by atoms with Crippen LogP contribution in [0.1, 0.15) is 77.9 Å². The minimum atomic E-state index is -0.335. The molecule has 0 saturated carbocycles. The van der Waals surface area contributed by atoms with Crippen molar-refractivity contribution >= 4 is 149 Å². The Bertz CT molecular complexity index is 5210. The number of fused-ring (bicyclic) bond motifs is 8. The van der Waals surface area contributed by atoms with Crippen molar-refractivity contribution in [1.82, 2.24) is 0 Å². The van der Waals surface area contributed by atoms with Crippen LogP contribution in [0.5, 0.6) is 0 Å². The first kappa shape index (κ1) is 63.2. The van der Waals surface area contributed by atoms with E-state index in [0.29, 0.717) is 11.1 Å². The van der Waals surface area contributed by atoms with E-state index in [0.717, 1.165) is 157 Å². The van der Waals surface area contributed by atoms with Gasteiger partial charge in [0.15, 0.2) is 0 Å². The molecule has 4 aliphatic rings. The lowest BCUT2D eigenvalue weighted by Crippen LogP contribution is -2.65. The van der Waals surface area contributed by atoms with E-state index in [-0.39, 0.29) is 13.4 Å². The van der Waals surface area contributed by atoms with Crippen LogP contribution >= 0.6 is 0 Å². The highest BCUT2D eigenvalue weighted by atomic mass is 15.2. The summed E-state index contributed by atoms with van der Waals surface area (Å²) in [7, 11) is 0. The maximum atomic E-state index is 11.1. The van der Waals surface area contributed by atoms with Crippen molar-refractivity contribution in [3.05, 3.63) is 321 Å². The molecule has 0 radical (unpaired) electrons. The second kappa shape index (κ2) is 24.3. The zero-order chi connectivity index (χ0) is 70.3. The van der Waals surface area contributed by atoms with Gasteiger partial charge in [0.2, 0.25) is 0 Å². The number of nitriles is 2. The fourth-order valence-corrected chi connectivity index (χ4v) is 17.5. The molecule has 8 nitrogen and oxygen atoms in total. The van der Waals surface area contributed by atoms with Crippen LogP contribution in [0.15, 0.2) is 243 Å². The average molecular weight is 1320 g/mol. The van der Waals surface area contributed by atoms with Crippen molar-refractivity contribution in [2.75, 3.05) is 29.4 Å². The van der Waals surface area contributed by atoms with Crippen molar-refractivity contribution in [3.63, 3.8) is 0 Å². The number of rotatable bonds is 10. The van der Waals surface area contributed by atoms with Gasteiger partial charge in [-0.1, -0.05) is 91.0 Å². The number of benzene rings is 13. The standard InChI is InChI=1S/C92H76B2N8/c1-55-27-56(2)34-71(33-55)97(72-35-57(3)28-58(4)36-72)77-47-87-91-89(49-77)101(75-41-63(9)31-64(10)42-75)83-45-67(53-95)23-25-79(83)93(91)81-51-82-86(52-85(81)99(87)69-19-15-13-16-20-69)100(70-21-17-14-18-22-70)88-48-78(98(73-37-59(5)29-60(6)38-73)74-39-61(7)30-62(8)40-74)50-90-92(88)94(82)80-26-24-68(54-96)46-84(80)102(90)76-43-65(11)32-66(12)44-76/h13-52H,1-12H3. The Labute approximate surface area is 600 Å². The first-order chi connectivity index (χ1) is 49.3. The number of para-hydroxylation sites is 2. The molecule has 10 heteroatoms. The normalized spacial score (nSPS) is 12.8. The zero-order valence-electron chi connectivity index (χ0n) is 59.8. The van der Waals surface area contributed by atoms with Gasteiger partial charge >= 0.3 is 0 Å². The van der Waals surface area contributed by atoms with Gasteiger partial charge in [0.1, 0.15) is 0 Å². The summed E-state index contributed by atoms with van der Waals surface area (Å²) in [6.07, 6.45) is 0. The molecule has 13 aromatic carbocycles. The van der Waals surface area contributed by atoms with Crippen LogP contribution in [0.4, 0.5) is 102 Å². The fourth-order valence-electron chi connectivity index (χ4n) is 17.5. The van der Waals surface area contributed by atoms with Crippen molar-refractivity contribution < 1.29 is 0 Å². The van der Waals surface area contributed by atoms with Gasteiger partial charge in [-0.05, 0) is 334 Å². The Hall–Kier alpha value is -12.2.